The Balaban J connectivity index is 1.49. The average Bonchev–Trinajstić information content (AvgIpc) is 3.40. The summed E-state index contributed by atoms with van der Waals surface area (Å²) in [7, 11) is 1.41. The number of likely N-dealkylation sites (N-methyl/N-ethyl adjacent to an activating group) is 1. The van der Waals surface area contributed by atoms with E-state index in [0.29, 0.717) is 24.4 Å². The van der Waals surface area contributed by atoms with Gasteiger partial charge in [0.25, 0.3) is 5.91 Å². The van der Waals surface area contributed by atoms with Crippen molar-refractivity contribution < 1.29 is 29.3 Å². The number of esters is 1. The molecule has 1 amide bonds. The number of hydrogen-bond donors (Lipinski definition) is 4. The Hall–Kier alpha value is -3.27. The number of hydrogen-bond acceptors (Lipinski definition) is 10. The number of anilines is 1. The predicted molar refractivity (Wildman–Crippen MR) is 123 cm³/mol. The summed E-state index contributed by atoms with van der Waals surface area (Å²) in [6.45, 7) is 2.10. The lowest BCUT2D eigenvalue weighted by Crippen LogP contribution is -2.42. The molecule has 12 heteroatoms. The number of imidazole rings is 1. The van der Waals surface area contributed by atoms with E-state index >= 15 is 0 Å². The molecule has 188 valence electrons. The number of nitrogens with one attached hydrogen (secondary N) is 1. The third-order valence-corrected chi connectivity index (χ3v) is 6.54. The number of nitrogens with zero attached hydrogens (tertiary/aromatic N) is 4. The SMILES string of the molecule is CCNC(=O)[C@H]1O[C@@H](n2cnc3c(N)nc(C#CCC4CCC(C(=O)OC)CC4)nc32)[C@@H](O)C1O. The lowest BCUT2D eigenvalue weighted by Gasteiger charge is -2.25. The summed E-state index contributed by atoms with van der Waals surface area (Å²) in [6, 6.07) is 0. The first-order valence-corrected chi connectivity index (χ1v) is 11.7. The minimum atomic E-state index is -1.42. The number of ether oxygens (including phenoxy) is 2. The molecule has 0 spiro atoms. The fourth-order valence-electron chi connectivity index (χ4n) is 4.60. The van der Waals surface area contributed by atoms with Crippen molar-refractivity contribution in [2.75, 3.05) is 19.4 Å². The molecule has 2 aromatic rings. The van der Waals surface area contributed by atoms with Crippen LogP contribution in [0, 0.1) is 23.7 Å². The summed E-state index contributed by atoms with van der Waals surface area (Å²) in [5, 5.41) is 23.4. The van der Waals surface area contributed by atoms with E-state index in [1.165, 1.54) is 18.0 Å². The van der Waals surface area contributed by atoms with Gasteiger partial charge in [-0.15, -0.1) is 0 Å². The first-order chi connectivity index (χ1) is 16.8. The summed E-state index contributed by atoms with van der Waals surface area (Å²) in [5.41, 5.74) is 6.63. The molecule has 1 unspecified atom stereocenters. The quantitative estimate of drug-likeness (QED) is 0.329. The van der Waals surface area contributed by atoms with Crippen molar-refractivity contribution >= 4 is 28.9 Å². The molecule has 0 bridgehead atoms. The summed E-state index contributed by atoms with van der Waals surface area (Å²) in [5.74, 6) is 6.02. The van der Waals surface area contributed by atoms with Crippen molar-refractivity contribution in [3.63, 3.8) is 0 Å². The fourth-order valence-corrected chi connectivity index (χ4v) is 4.60. The van der Waals surface area contributed by atoms with Gasteiger partial charge in [-0.1, -0.05) is 5.92 Å². The molecular weight excluding hydrogens is 456 g/mol. The number of nitrogens with two attached hydrogens (primary N) is 1. The van der Waals surface area contributed by atoms with Crippen LogP contribution in [0.3, 0.4) is 0 Å². The number of aromatic nitrogens is 4. The first kappa shape index (κ1) is 24.8. The van der Waals surface area contributed by atoms with Gasteiger partial charge in [0.05, 0.1) is 19.4 Å². The lowest BCUT2D eigenvalue weighted by atomic mass is 9.81. The van der Waals surface area contributed by atoms with Gasteiger partial charge in [0, 0.05) is 13.0 Å². The number of carbonyl (C=O) groups is 2. The summed E-state index contributed by atoms with van der Waals surface area (Å²) >= 11 is 0. The molecule has 12 nitrogen and oxygen atoms in total. The fraction of sp³-hybridized carbons (Fsp3) is 0.609. The van der Waals surface area contributed by atoms with Crippen LogP contribution in [-0.4, -0.2) is 73.6 Å². The van der Waals surface area contributed by atoms with Crippen molar-refractivity contribution in [2.45, 2.75) is 63.6 Å². The number of aliphatic hydroxyl groups excluding tert-OH is 2. The topological polar surface area (TPSA) is 175 Å². The van der Waals surface area contributed by atoms with Gasteiger partial charge >= 0.3 is 5.97 Å². The van der Waals surface area contributed by atoms with Gasteiger partial charge in [-0.3, -0.25) is 14.2 Å². The number of carbonyl (C=O) groups excluding carboxylic acids is 2. The zero-order valence-corrected chi connectivity index (χ0v) is 19.7. The average molecular weight is 487 g/mol. The zero-order chi connectivity index (χ0) is 25.1. The molecule has 1 saturated heterocycles. The highest BCUT2D eigenvalue weighted by Crippen LogP contribution is 2.33. The second kappa shape index (κ2) is 10.6. The minimum absolute atomic E-state index is 0.0330. The van der Waals surface area contributed by atoms with Gasteiger partial charge < -0.3 is 30.7 Å². The molecule has 0 aromatic carbocycles. The van der Waals surface area contributed by atoms with Crippen molar-refractivity contribution in [1.29, 1.82) is 0 Å². The van der Waals surface area contributed by atoms with Crippen LogP contribution in [0.25, 0.3) is 11.2 Å². The van der Waals surface area contributed by atoms with Crippen LogP contribution in [0.15, 0.2) is 6.33 Å². The summed E-state index contributed by atoms with van der Waals surface area (Å²) < 4.78 is 11.9. The number of aliphatic hydroxyl groups is 2. The molecule has 4 atom stereocenters. The molecule has 4 rings (SSSR count). The molecular formula is C23H30N6O6. The van der Waals surface area contributed by atoms with E-state index in [2.05, 4.69) is 32.1 Å². The van der Waals surface area contributed by atoms with Gasteiger partial charge in [-0.05, 0) is 44.4 Å². The van der Waals surface area contributed by atoms with Crippen LogP contribution in [-0.2, 0) is 19.1 Å². The summed E-state index contributed by atoms with van der Waals surface area (Å²) in [6.07, 6.45) is 0.253. The predicted octanol–water partition coefficient (Wildman–Crippen LogP) is -0.115. The number of fused-ring (bicyclic) bond motifs is 1. The maximum absolute atomic E-state index is 12.2. The molecule has 2 aliphatic rings. The Labute approximate surface area is 202 Å². The maximum atomic E-state index is 12.2. The Morgan fingerprint density at radius 3 is 2.69 bits per heavy atom. The van der Waals surface area contributed by atoms with Crippen molar-refractivity contribution in [2.24, 2.45) is 11.8 Å². The molecule has 3 heterocycles. The Kier molecular flexibility index (Phi) is 7.49. The number of amides is 1. The van der Waals surface area contributed by atoms with Crippen LogP contribution in [0.1, 0.15) is 51.1 Å². The van der Waals surface area contributed by atoms with Crippen LogP contribution < -0.4 is 11.1 Å². The standard InChI is InChI=1S/C23H30N6O6/c1-3-25-21(32)18-16(30)17(31)22(35-18)29-11-26-15-19(24)27-14(28-20(15)29)6-4-5-12-7-9-13(10-8-12)23(33)34-2/h11-13,16-18,22,30-31H,3,5,7-10H2,1-2H3,(H,25,32)(H2,24,27,28)/t12?,13?,16?,17-,18-,22+/m0/s1. The van der Waals surface area contributed by atoms with E-state index in [9.17, 15) is 19.8 Å². The molecule has 1 aliphatic carbocycles. The summed E-state index contributed by atoms with van der Waals surface area (Å²) in [4.78, 5) is 36.7. The molecule has 0 radical (unpaired) electrons. The third-order valence-electron chi connectivity index (χ3n) is 6.54. The second-order valence-electron chi connectivity index (χ2n) is 8.83. The number of methoxy groups -OCH3 is 1. The monoisotopic (exact) mass is 486 g/mol. The molecule has 35 heavy (non-hydrogen) atoms. The van der Waals surface area contributed by atoms with Crippen molar-refractivity contribution in [1.82, 2.24) is 24.8 Å². The van der Waals surface area contributed by atoms with E-state index < -0.39 is 30.4 Å². The van der Waals surface area contributed by atoms with Gasteiger partial charge in [-0.25, -0.2) is 15.0 Å². The van der Waals surface area contributed by atoms with Crippen LogP contribution >= 0.6 is 0 Å². The number of nitrogen functional groups attached to an aromatic ring is 1. The van der Waals surface area contributed by atoms with E-state index in [0.717, 1.165) is 25.7 Å². The Morgan fingerprint density at radius 1 is 1.26 bits per heavy atom. The van der Waals surface area contributed by atoms with Crippen molar-refractivity contribution in [3.8, 4) is 11.8 Å². The van der Waals surface area contributed by atoms with E-state index in [-0.39, 0.29) is 29.2 Å². The minimum Gasteiger partial charge on any atom is -0.469 e. The largest absolute Gasteiger partial charge is 0.469 e. The molecule has 2 aromatic heterocycles. The molecule has 1 saturated carbocycles. The van der Waals surface area contributed by atoms with E-state index in [1.807, 2.05) is 0 Å². The third kappa shape index (κ3) is 5.07. The van der Waals surface area contributed by atoms with E-state index in [1.54, 1.807) is 6.92 Å². The van der Waals surface area contributed by atoms with Crippen molar-refractivity contribution in [3.05, 3.63) is 12.2 Å². The zero-order valence-electron chi connectivity index (χ0n) is 19.7. The highest BCUT2D eigenvalue weighted by Gasteiger charge is 2.47. The first-order valence-electron chi connectivity index (χ1n) is 11.7. The number of rotatable bonds is 5. The van der Waals surface area contributed by atoms with E-state index in [4.69, 9.17) is 15.2 Å². The molecule has 5 N–H and O–H groups in total. The second-order valence-corrected chi connectivity index (χ2v) is 8.83. The lowest BCUT2D eigenvalue weighted by molar-refractivity contribution is -0.146. The molecule has 1 aliphatic heterocycles. The van der Waals surface area contributed by atoms with Crippen LogP contribution in [0.2, 0.25) is 0 Å². The molecule has 2 fully saturated rings. The Bertz CT molecular complexity index is 1150. The van der Waals surface area contributed by atoms with Gasteiger partial charge in [0.15, 0.2) is 23.8 Å². The van der Waals surface area contributed by atoms with Gasteiger partial charge in [0.2, 0.25) is 5.82 Å². The smallest absolute Gasteiger partial charge is 0.308 e. The maximum Gasteiger partial charge on any atom is 0.308 e. The highest BCUT2D eigenvalue weighted by atomic mass is 16.6. The van der Waals surface area contributed by atoms with Crippen LogP contribution in [0.4, 0.5) is 5.82 Å². The highest BCUT2D eigenvalue weighted by molar-refractivity contribution is 5.83. The Morgan fingerprint density at radius 2 is 2.00 bits per heavy atom. The van der Waals surface area contributed by atoms with Crippen LogP contribution in [0.5, 0.6) is 0 Å². The normalized spacial score (nSPS) is 28.3. The van der Waals surface area contributed by atoms with Gasteiger partial charge in [0.1, 0.15) is 17.7 Å². The van der Waals surface area contributed by atoms with Gasteiger partial charge in [-0.2, -0.15) is 0 Å².